The van der Waals surface area contributed by atoms with E-state index in [1.807, 2.05) is 0 Å². The molecule has 1 N–H and O–H groups in total. The average Bonchev–Trinajstić information content (AvgIpc) is 3.77. The first-order valence-corrected chi connectivity index (χ1v) is 16.4. The molecule has 7 nitrogen and oxygen atoms in total. The lowest BCUT2D eigenvalue weighted by atomic mass is 9.72. The third-order valence-corrected chi connectivity index (χ3v) is 10.9. The van der Waals surface area contributed by atoms with Crippen molar-refractivity contribution in [3.8, 4) is 0 Å². The van der Waals surface area contributed by atoms with Crippen molar-refractivity contribution in [1.29, 1.82) is 0 Å². The number of benzene rings is 2. The molecular formula is C36H45N5O2. The lowest BCUT2D eigenvalue weighted by Crippen LogP contribution is -2.45. The van der Waals surface area contributed by atoms with Crippen LogP contribution in [0.3, 0.4) is 0 Å². The predicted octanol–water partition coefficient (Wildman–Crippen LogP) is 7.27. The zero-order chi connectivity index (χ0) is 29.6. The molecule has 1 aromatic heterocycles. The van der Waals surface area contributed by atoms with E-state index < -0.39 is 6.09 Å². The zero-order valence-electron chi connectivity index (χ0n) is 25.7. The third kappa shape index (κ3) is 5.20. The van der Waals surface area contributed by atoms with Gasteiger partial charge in [-0.25, -0.2) is 14.8 Å². The first kappa shape index (κ1) is 28.3. The molecule has 3 aromatic rings. The number of aromatic nitrogens is 2. The van der Waals surface area contributed by atoms with E-state index in [9.17, 15) is 9.90 Å². The van der Waals surface area contributed by atoms with Gasteiger partial charge >= 0.3 is 6.09 Å². The number of piperidine rings is 1. The topological polar surface area (TPSA) is 72.8 Å². The molecule has 43 heavy (non-hydrogen) atoms. The Kier molecular flexibility index (Phi) is 7.62. The second-order valence-electron chi connectivity index (χ2n) is 13.7. The minimum absolute atomic E-state index is 0.0390. The molecule has 226 valence electrons. The molecule has 1 unspecified atom stereocenters. The van der Waals surface area contributed by atoms with Crippen molar-refractivity contribution in [2.75, 3.05) is 24.5 Å². The van der Waals surface area contributed by atoms with Crippen molar-refractivity contribution >= 4 is 17.6 Å². The minimum atomic E-state index is -0.792. The molecule has 7 heteroatoms. The first-order valence-electron chi connectivity index (χ1n) is 16.4. The minimum Gasteiger partial charge on any atom is -0.465 e. The van der Waals surface area contributed by atoms with Gasteiger partial charge in [0.25, 0.3) is 0 Å². The predicted molar refractivity (Wildman–Crippen MR) is 170 cm³/mol. The summed E-state index contributed by atoms with van der Waals surface area (Å²) < 4.78 is 0. The Balaban J connectivity index is 1.27. The molecule has 1 atom stereocenters. The van der Waals surface area contributed by atoms with Crippen LogP contribution in [-0.2, 0) is 24.9 Å². The fourth-order valence-corrected chi connectivity index (χ4v) is 8.67. The highest BCUT2D eigenvalue weighted by atomic mass is 16.4. The number of amides is 1. The van der Waals surface area contributed by atoms with E-state index in [4.69, 9.17) is 9.97 Å². The molecule has 0 radical (unpaired) electrons. The Morgan fingerprint density at radius 2 is 1.79 bits per heavy atom. The molecule has 3 heterocycles. The van der Waals surface area contributed by atoms with Crippen LogP contribution in [0.4, 0.5) is 16.3 Å². The maximum absolute atomic E-state index is 12.6. The van der Waals surface area contributed by atoms with E-state index in [-0.39, 0.29) is 11.5 Å². The standard InChI is InChI=1S/C36H45N5O2/c1-25(2)29-15-16-30-32(29)34(38-24-37-30)41-23-36(17-19-39(20-18-36)21-26-9-4-3-5-10-26)33-27(11-8-14-31(33)41)22-40(35(42)43)28-12-6-7-13-28/h3-5,8-11,14,24-25,28-29H,6-7,12-13,15-23H2,1-2H3,(H,42,43). The van der Waals surface area contributed by atoms with Crippen LogP contribution in [-0.4, -0.2) is 56.6 Å². The number of carbonyl (C=O) groups is 1. The molecule has 0 bridgehead atoms. The van der Waals surface area contributed by atoms with Crippen molar-refractivity contribution in [2.24, 2.45) is 5.92 Å². The van der Waals surface area contributed by atoms with Crippen molar-refractivity contribution in [3.63, 3.8) is 0 Å². The van der Waals surface area contributed by atoms with Crippen molar-refractivity contribution in [2.45, 2.75) is 95.7 Å². The number of aryl methyl sites for hydroxylation is 1. The van der Waals surface area contributed by atoms with Crippen LogP contribution in [0.15, 0.2) is 54.9 Å². The monoisotopic (exact) mass is 579 g/mol. The number of anilines is 2. The zero-order valence-corrected chi connectivity index (χ0v) is 25.7. The molecule has 1 saturated heterocycles. The molecule has 1 spiro atoms. The van der Waals surface area contributed by atoms with Gasteiger partial charge in [0.05, 0.1) is 0 Å². The van der Waals surface area contributed by atoms with Gasteiger partial charge in [-0.15, -0.1) is 0 Å². The average molecular weight is 580 g/mol. The molecule has 7 rings (SSSR count). The van der Waals surface area contributed by atoms with Crippen LogP contribution in [0.25, 0.3) is 0 Å². The van der Waals surface area contributed by atoms with Gasteiger partial charge in [0.15, 0.2) is 0 Å². The lowest BCUT2D eigenvalue weighted by Gasteiger charge is -2.41. The van der Waals surface area contributed by atoms with Gasteiger partial charge < -0.3 is 14.9 Å². The van der Waals surface area contributed by atoms with Gasteiger partial charge in [0.1, 0.15) is 12.1 Å². The summed E-state index contributed by atoms with van der Waals surface area (Å²) in [6.07, 6.45) is 9.40. The highest BCUT2D eigenvalue weighted by molar-refractivity contribution is 5.75. The van der Waals surface area contributed by atoms with E-state index in [1.165, 1.54) is 33.6 Å². The van der Waals surface area contributed by atoms with Crippen LogP contribution in [0.5, 0.6) is 0 Å². The van der Waals surface area contributed by atoms with Gasteiger partial charge in [-0.1, -0.05) is 69.2 Å². The Morgan fingerprint density at radius 1 is 1.02 bits per heavy atom. The normalized spacial score (nSPS) is 21.5. The van der Waals surface area contributed by atoms with Crippen molar-refractivity contribution in [1.82, 2.24) is 19.8 Å². The van der Waals surface area contributed by atoms with Crippen LogP contribution < -0.4 is 4.90 Å². The van der Waals surface area contributed by atoms with E-state index >= 15 is 0 Å². The van der Waals surface area contributed by atoms with Crippen LogP contribution in [0, 0.1) is 5.92 Å². The van der Waals surface area contributed by atoms with Crippen molar-refractivity contribution < 1.29 is 9.90 Å². The molecule has 2 fully saturated rings. The van der Waals surface area contributed by atoms with Crippen LogP contribution in [0.1, 0.15) is 92.7 Å². The summed E-state index contributed by atoms with van der Waals surface area (Å²) in [5.74, 6) is 2.08. The Bertz CT molecular complexity index is 1460. The Hall–Kier alpha value is -3.45. The number of hydrogen-bond donors (Lipinski definition) is 1. The third-order valence-electron chi connectivity index (χ3n) is 10.9. The number of rotatable bonds is 7. The number of nitrogens with zero attached hydrogens (tertiary/aromatic N) is 5. The largest absolute Gasteiger partial charge is 0.465 e. The molecular weight excluding hydrogens is 534 g/mol. The van der Waals surface area contributed by atoms with Crippen molar-refractivity contribution in [3.05, 3.63) is 82.8 Å². The molecule has 4 aliphatic rings. The van der Waals surface area contributed by atoms with Gasteiger partial charge in [-0.3, -0.25) is 4.90 Å². The Labute approximate surface area is 255 Å². The summed E-state index contributed by atoms with van der Waals surface area (Å²) in [7, 11) is 0. The molecule has 1 saturated carbocycles. The highest BCUT2D eigenvalue weighted by Crippen LogP contribution is 2.53. The lowest BCUT2D eigenvalue weighted by molar-refractivity contribution is 0.120. The second kappa shape index (κ2) is 11.6. The van der Waals surface area contributed by atoms with Gasteiger partial charge in [0.2, 0.25) is 0 Å². The summed E-state index contributed by atoms with van der Waals surface area (Å²) in [4.78, 5) is 29.1. The summed E-state index contributed by atoms with van der Waals surface area (Å²) in [5, 5.41) is 10.3. The maximum Gasteiger partial charge on any atom is 0.407 e. The molecule has 1 amide bonds. The fourth-order valence-electron chi connectivity index (χ4n) is 8.67. The van der Waals surface area contributed by atoms with Gasteiger partial charge in [-0.2, -0.15) is 0 Å². The summed E-state index contributed by atoms with van der Waals surface area (Å²) in [6.45, 7) is 9.02. The van der Waals surface area contributed by atoms with E-state index in [0.29, 0.717) is 18.4 Å². The molecule has 2 aliphatic heterocycles. The van der Waals surface area contributed by atoms with E-state index in [2.05, 4.69) is 72.2 Å². The Morgan fingerprint density at radius 3 is 2.51 bits per heavy atom. The van der Waals surface area contributed by atoms with E-state index in [0.717, 1.165) is 83.4 Å². The van der Waals surface area contributed by atoms with E-state index in [1.54, 1.807) is 11.2 Å². The SMILES string of the molecule is CC(C)C1CCc2ncnc(N3CC4(CCN(Cc5ccccc5)CC4)c4c(CN(C(=O)O)C5CCCC5)cccc43)c21. The number of carboxylic acid groups (broad SMARTS) is 1. The number of hydrogen-bond acceptors (Lipinski definition) is 5. The summed E-state index contributed by atoms with van der Waals surface area (Å²) in [6, 6.07) is 17.5. The summed E-state index contributed by atoms with van der Waals surface area (Å²) >= 11 is 0. The molecule has 2 aromatic carbocycles. The fraction of sp³-hybridized carbons (Fsp3) is 0.528. The van der Waals surface area contributed by atoms with Crippen LogP contribution >= 0.6 is 0 Å². The summed E-state index contributed by atoms with van der Waals surface area (Å²) in [5.41, 5.74) is 7.63. The number of likely N-dealkylation sites (tertiary alicyclic amines) is 1. The quantitative estimate of drug-likeness (QED) is 0.317. The first-order chi connectivity index (χ1) is 20.9. The van der Waals surface area contributed by atoms with Crippen LogP contribution in [0.2, 0.25) is 0 Å². The smallest absolute Gasteiger partial charge is 0.407 e. The van der Waals surface area contributed by atoms with Gasteiger partial charge in [-0.05, 0) is 86.2 Å². The molecule has 2 aliphatic carbocycles. The van der Waals surface area contributed by atoms with Gasteiger partial charge in [0, 0.05) is 48.0 Å². The second-order valence-corrected chi connectivity index (χ2v) is 13.7. The highest BCUT2D eigenvalue weighted by Gasteiger charge is 2.48. The maximum atomic E-state index is 12.6. The number of fused-ring (bicyclic) bond motifs is 3.